The lowest BCUT2D eigenvalue weighted by atomic mass is 10.0. The first kappa shape index (κ1) is 14.8. The molecule has 0 amide bonds. The van der Waals surface area contributed by atoms with Crippen LogP contribution in [0.4, 0.5) is 0 Å². The number of rotatable bonds is 6. The lowest BCUT2D eigenvalue weighted by molar-refractivity contribution is 0.0851. The van der Waals surface area contributed by atoms with Gasteiger partial charge in [-0.15, -0.1) is 0 Å². The van der Waals surface area contributed by atoms with E-state index < -0.39 is 6.10 Å². The molecule has 2 atom stereocenters. The molecule has 1 aromatic rings. The normalized spacial score (nSPS) is 14.6. The quantitative estimate of drug-likeness (QED) is 0.858. The van der Waals surface area contributed by atoms with E-state index in [0.717, 1.165) is 12.0 Å². The van der Waals surface area contributed by atoms with Gasteiger partial charge in [-0.05, 0) is 43.9 Å². The highest BCUT2D eigenvalue weighted by Crippen LogP contribution is 2.23. The number of aliphatic hydroxyl groups excluding tert-OH is 1. The molecule has 0 aliphatic carbocycles. The van der Waals surface area contributed by atoms with Crippen molar-refractivity contribution in [1.29, 1.82) is 0 Å². The molecular formula is C13H18Cl2O2. The smallest absolute Gasteiger partial charge is 0.0582 e. The van der Waals surface area contributed by atoms with E-state index in [9.17, 15) is 5.11 Å². The molecule has 0 fully saturated rings. The van der Waals surface area contributed by atoms with Crippen molar-refractivity contribution in [2.75, 3.05) is 7.11 Å². The first-order chi connectivity index (χ1) is 8.02. The molecule has 1 N–H and O–H groups in total. The van der Waals surface area contributed by atoms with Crippen molar-refractivity contribution in [3.8, 4) is 0 Å². The van der Waals surface area contributed by atoms with Crippen molar-refractivity contribution in [3.05, 3.63) is 33.8 Å². The Balaban J connectivity index is 2.47. The third-order valence-electron chi connectivity index (χ3n) is 2.78. The molecule has 96 valence electrons. The van der Waals surface area contributed by atoms with Gasteiger partial charge in [0.15, 0.2) is 0 Å². The predicted octanol–water partition coefficient (Wildman–Crippen LogP) is 3.71. The molecule has 0 spiro atoms. The van der Waals surface area contributed by atoms with Crippen molar-refractivity contribution in [3.63, 3.8) is 0 Å². The van der Waals surface area contributed by atoms with Crippen LogP contribution in [0.1, 0.15) is 25.3 Å². The van der Waals surface area contributed by atoms with Gasteiger partial charge in [-0.25, -0.2) is 0 Å². The summed E-state index contributed by atoms with van der Waals surface area (Å²) in [6, 6.07) is 5.34. The number of methoxy groups -OCH3 is 1. The van der Waals surface area contributed by atoms with Crippen LogP contribution in [0.5, 0.6) is 0 Å². The second-order valence-electron chi connectivity index (χ2n) is 4.22. The van der Waals surface area contributed by atoms with E-state index in [-0.39, 0.29) is 6.10 Å². The molecule has 2 unspecified atom stereocenters. The summed E-state index contributed by atoms with van der Waals surface area (Å²) >= 11 is 11.9. The van der Waals surface area contributed by atoms with Gasteiger partial charge in [-0.3, -0.25) is 0 Å². The number of ether oxygens (including phenoxy) is 1. The Bertz CT molecular complexity index is 355. The summed E-state index contributed by atoms with van der Waals surface area (Å²) in [5.41, 5.74) is 0.925. The molecule has 1 aromatic carbocycles. The van der Waals surface area contributed by atoms with Crippen molar-refractivity contribution >= 4 is 23.2 Å². The molecule has 0 saturated heterocycles. The number of hydrogen-bond acceptors (Lipinski definition) is 2. The van der Waals surface area contributed by atoms with Crippen molar-refractivity contribution in [1.82, 2.24) is 0 Å². The highest BCUT2D eigenvalue weighted by molar-refractivity contribution is 6.35. The van der Waals surface area contributed by atoms with Crippen LogP contribution < -0.4 is 0 Å². The van der Waals surface area contributed by atoms with E-state index in [0.29, 0.717) is 22.9 Å². The summed E-state index contributed by atoms with van der Waals surface area (Å²) in [5.74, 6) is 0. The summed E-state index contributed by atoms with van der Waals surface area (Å²) in [5, 5.41) is 11.1. The fourth-order valence-electron chi connectivity index (χ4n) is 1.59. The van der Waals surface area contributed by atoms with Crippen LogP contribution in [0.15, 0.2) is 18.2 Å². The third-order valence-corrected chi connectivity index (χ3v) is 3.37. The molecule has 0 saturated carbocycles. The summed E-state index contributed by atoms with van der Waals surface area (Å²) in [4.78, 5) is 0. The summed E-state index contributed by atoms with van der Waals surface area (Å²) in [7, 11) is 1.67. The zero-order chi connectivity index (χ0) is 12.8. The standard InChI is InChI=1S/C13H18Cl2O2/c1-9(17-2)3-6-12(16)7-10-4-5-11(14)8-13(10)15/h4-5,8-9,12,16H,3,6-7H2,1-2H3. The molecule has 2 nitrogen and oxygen atoms in total. The SMILES string of the molecule is COC(C)CCC(O)Cc1ccc(Cl)cc1Cl. The Morgan fingerprint density at radius 1 is 1.29 bits per heavy atom. The number of aliphatic hydroxyl groups is 1. The van der Waals surface area contributed by atoms with Crippen molar-refractivity contribution < 1.29 is 9.84 Å². The molecule has 1 rings (SSSR count). The van der Waals surface area contributed by atoms with E-state index in [1.165, 1.54) is 0 Å². The minimum absolute atomic E-state index is 0.172. The monoisotopic (exact) mass is 276 g/mol. The van der Waals surface area contributed by atoms with Crippen LogP contribution in [0, 0.1) is 0 Å². The lowest BCUT2D eigenvalue weighted by Gasteiger charge is -2.14. The van der Waals surface area contributed by atoms with Gasteiger partial charge in [0, 0.05) is 17.2 Å². The van der Waals surface area contributed by atoms with E-state index in [4.69, 9.17) is 27.9 Å². The molecule has 0 heterocycles. The van der Waals surface area contributed by atoms with Gasteiger partial charge in [-0.2, -0.15) is 0 Å². The Labute approximate surface area is 113 Å². The summed E-state index contributed by atoms with van der Waals surface area (Å²) in [6.45, 7) is 1.99. The minimum atomic E-state index is -0.397. The third kappa shape index (κ3) is 5.26. The lowest BCUT2D eigenvalue weighted by Crippen LogP contribution is -2.15. The minimum Gasteiger partial charge on any atom is -0.393 e. The first-order valence-electron chi connectivity index (χ1n) is 5.67. The van der Waals surface area contributed by atoms with Crippen LogP contribution in [-0.2, 0) is 11.2 Å². The summed E-state index contributed by atoms with van der Waals surface area (Å²) in [6.07, 6.45) is 1.86. The highest BCUT2D eigenvalue weighted by atomic mass is 35.5. The topological polar surface area (TPSA) is 29.5 Å². The van der Waals surface area contributed by atoms with E-state index in [1.807, 2.05) is 13.0 Å². The van der Waals surface area contributed by atoms with Gasteiger partial charge in [0.25, 0.3) is 0 Å². The summed E-state index contributed by atoms with van der Waals surface area (Å²) < 4.78 is 5.14. The second kappa shape index (κ2) is 7.22. The number of halogens is 2. The largest absolute Gasteiger partial charge is 0.393 e. The highest BCUT2D eigenvalue weighted by Gasteiger charge is 2.10. The zero-order valence-corrected chi connectivity index (χ0v) is 11.6. The van der Waals surface area contributed by atoms with E-state index in [1.54, 1.807) is 19.2 Å². The van der Waals surface area contributed by atoms with Crippen molar-refractivity contribution in [2.45, 2.75) is 38.4 Å². The Morgan fingerprint density at radius 3 is 2.59 bits per heavy atom. The van der Waals surface area contributed by atoms with Crippen LogP contribution in [0.25, 0.3) is 0 Å². The maximum atomic E-state index is 9.89. The molecule has 0 aromatic heterocycles. The number of benzene rings is 1. The Morgan fingerprint density at radius 2 is 2.00 bits per heavy atom. The molecule has 0 aliphatic heterocycles. The van der Waals surface area contributed by atoms with Gasteiger partial charge in [0.05, 0.1) is 12.2 Å². The average molecular weight is 277 g/mol. The van der Waals surface area contributed by atoms with Gasteiger partial charge < -0.3 is 9.84 Å². The predicted molar refractivity (Wildman–Crippen MR) is 71.9 cm³/mol. The van der Waals surface area contributed by atoms with Crippen LogP contribution >= 0.6 is 23.2 Å². The first-order valence-corrected chi connectivity index (χ1v) is 6.43. The molecule has 4 heteroatoms. The van der Waals surface area contributed by atoms with Gasteiger partial charge in [-0.1, -0.05) is 29.3 Å². The van der Waals surface area contributed by atoms with Crippen molar-refractivity contribution in [2.24, 2.45) is 0 Å². The molecule has 0 aliphatic rings. The van der Waals surface area contributed by atoms with E-state index >= 15 is 0 Å². The average Bonchev–Trinajstić information content (AvgIpc) is 2.29. The second-order valence-corrected chi connectivity index (χ2v) is 5.06. The zero-order valence-electron chi connectivity index (χ0n) is 10.1. The Kier molecular flexibility index (Phi) is 6.28. The Hall–Kier alpha value is -0.280. The van der Waals surface area contributed by atoms with Crippen LogP contribution in [0.2, 0.25) is 10.0 Å². The van der Waals surface area contributed by atoms with Crippen LogP contribution in [-0.4, -0.2) is 24.4 Å². The maximum Gasteiger partial charge on any atom is 0.0582 e. The fourth-order valence-corrected chi connectivity index (χ4v) is 2.07. The van der Waals surface area contributed by atoms with Crippen LogP contribution in [0.3, 0.4) is 0 Å². The van der Waals surface area contributed by atoms with Gasteiger partial charge in [0.2, 0.25) is 0 Å². The molecule has 17 heavy (non-hydrogen) atoms. The van der Waals surface area contributed by atoms with Gasteiger partial charge >= 0.3 is 0 Å². The number of hydrogen-bond donors (Lipinski definition) is 1. The molecular weight excluding hydrogens is 259 g/mol. The molecule has 0 bridgehead atoms. The maximum absolute atomic E-state index is 9.89. The fraction of sp³-hybridized carbons (Fsp3) is 0.538. The van der Waals surface area contributed by atoms with Gasteiger partial charge in [0.1, 0.15) is 0 Å². The van der Waals surface area contributed by atoms with E-state index in [2.05, 4.69) is 0 Å². The molecule has 0 radical (unpaired) electrons.